The maximum Gasteiger partial charge on any atom is 0.221 e. The van der Waals surface area contributed by atoms with E-state index in [2.05, 4.69) is 39.8 Å². The summed E-state index contributed by atoms with van der Waals surface area (Å²) < 4.78 is 0. The molecule has 1 aromatic heterocycles. The topological polar surface area (TPSA) is 78.4 Å². The minimum absolute atomic E-state index is 0.0653. The number of aryl methyl sites for hydroxylation is 1. The van der Waals surface area contributed by atoms with Crippen molar-refractivity contribution in [2.45, 2.75) is 46.1 Å². The molecule has 0 aliphatic heterocycles. The number of hydrogen-bond donors (Lipinski definition) is 3. The van der Waals surface area contributed by atoms with Crippen LogP contribution in [-0.4, -0.2) is 43.0 Å². The van der Waals surface area contributed by atoms with Gasteiger partial charge in [0.25, 0.3) is 0 Å². The average molecular weight is 325 g/mol. The Morgan fingerprint density at radius 3 is 2.73 bits per heavy atom. The van der Waals surface area contributed by atoms with Crippen molar-refractivity contribution in [3.8, 4) is 0 Å². The van der Waals surface area contributed by atoms with E-state index in [1.165, 1.54) is 4.88 Å². The van der Waals surface area contributed by atoms with Gasteiger partial charge in [-0.2, -0.15) is 0 Å². The van der Waals surface area contributed by atoms with Gasteiger partial charge in [0.15, 0.2) is 5.96 Å². The van der Waals surface area contributed by atoms with Crippen LogP contribution < -0.4 is 16.0 Å². The van der Waals surface area contributed by atoms with E-state index in [-0.39, 0.29) is 11.9 Å². The van der Waals surface area contributed by atoms with Gasteiger partial charge in [-0.05, 0) is 20.3 Å². The van der Waals surface area contributed by atoms with Gasteiger partial charge in [-0.25, -0.2) is 4.98 Å². The number of hydrogen-bond acceptors (Lipinski definition) is 4. The zero-order chi connectivity index (χ0) is 16.4. The van der Waals surface area contributed by atoms with Crippen LogP contribution in [0.25, 0.3) is 0 Å². The smallest absolute Gasteiger partial charge is 0.221 e. The molecule has 3 N–H and O–H groups in total. The molecule has 0 radical (unpaired) electrons. The molecule has 7 heteroatoms. The first-order valence-electron chi connectivity index (χ1n) is 7.70. The van der Waals surface area contributed by atoms with Crippen LogP contribution in [0.3, 0.4) is 0 Å². The fraction of sp³-hybridized carbons (Fsp3) is 0.667. The van der Waals surface area contributed by atoms with Crippen LogP contribution in [0.15, 0.2) is 11.2 Å². The van der Waals surface area contributed by atoms with Gasteiger partial charge in [0.1, 0.15) is 0 Å². The molecule has 0 aromatic carbocycles. The number of amides is 1. The summed E-state index contributed by atoms with van der Waals surface area (Å²) in [6.07, 6.45) is 4.14. The van der Waals surface area contributed by atoms with E-state index in [9.17, 15) is 4.79 Å². The molecule has 1 atom stereocenters. The zero-order valence-electron chi connectivity index (χ0n) is 13.9. The number of carbonyl (C=O) groups is 1. The normalized spacial score (nSPS) is 12.8. The molecule has 1 rings (SSSR count). The molecule has 1 heterocycles. The minimum Gasteiger partial charge on any atom is -0.356 e. The summed E-state index contributed by atoms with van der Waals surface area (Å²) in [6.45, 7) is 7.45. The first-order chi connectivity index (χ1) is 10.5. The van der Waals surface area contributed by atoms with E-state index >= 15 is 0 Å². The summed E-state index contributed by atoms with van der Waals surface area (Å²) >= 11 is 1.71. The lowest BCUT2D eigenvalue weighted by atomic mass is 10.2. The highest BCUT2D eigenvalue weighted by Gasteiger charge is 2.06. The second-order valence-electron chi connectivity index (χ2n) is 5.17. The highest BCUT2D eigenvalue weighted by atomic mass is 32.1. The highest BCUT2D eigenvalue weighted by molar-refractivity contribution is 7.11. The average Bonchev–Trinajstić information content (AvgIpc) is 2.91. The van der Waals surface area contributed by atoms with Crippen molar-refractivity contribution in [1.82, 2.24) is 20.9 Å². The molecule has 1 amide bonds. The molecule has 0 saturated carbocycles. The minimum atomic E-state index is 0.0653. The Kier molecular flexibility index (Phi) is 8.50. The van der Waals surface area contributed by atoms with Gasteiger partial charge in [0, 0.05) is 50.1 Å². The van der Waals surface area contributed by atoms with Gasteiger partial charge >= 0.3 is 0 Å². The Hall–Kier alpha value is -1.63. The third kappa shape index (κ3) is 7.40. The molecule has 0 fully saturated rings. The third-order valence-corrected chi connectivity index (χ3v) is 4.16. The Labute approximate surface area is 136 Å². The molecular weight excluding hydrogens is 298 g/mol. The van der Waals surface area contributed by atoms with Crippen LogP contribution in [0.2, 0.25) is 0 Å². The van der Waals surface area contributed by atoms with E-state index in [0.29, 0.717) is 18.9 Å². The molecule has 0 aliphatic rings. The summed E-state index contributed by atoms with van der Waals surface area (Å²) in [5.74, 6) is 0.778. The van der Waals surface area contributed by atoms with E-state index in [0.717, 1.165) is 24.4 Å². The number of aromatic nitrogens is 1. The Balaban J connectivity index is 2.18. The van der Waals surface area contributed by atoms with Crippen LogP contribution in [0.4, 0.5) is 0 Å². The van der Waals surface area contributed by atoms with Crippen LogP contribution in [-0.2, 0) is 11.2 Å². The Bertz CT molecular complexity index is 486. The summed E-state index contributed by atoms with van der Waals surface area (Å²) in [6, 6.07) is 0.228. The SMILES string of the molecule is CCC(C)NC(=O)CCNC(=NC)NCCc1ncc(C)s1. The van der Waals surface area contributed by atoms with Gasteiger partial charge in [0.2, 0.25) is 5.91 Å². The molecule has 124 valence electrons. The number of guanidine groups is 1. The second-order valence-corrected chi connectivity index (χ2v) is 6.49. The molecule has 1 unspecified atom stereocenters. The zero-order valence-corrected chi connectivity index (χ0v) is 14.7. The van der Waals surface area contributed by atoms with Gasteiger partial charge in [-0.1, -0.05) is 6.92 Å². The highest BCUT2D eigenvalue weighted by Crippen LogP contribution is 2.10. The number of nitrogens with zero attached hydrogens (tertiary/aromatic N) is 2. The van der Waals surface area contributed by atoms with Gasteiger partial charge in [-0.15, -0.1) is 11.3 Å². The first kappa shape index (κ1) is 18.4. The fourth-order valence-corrected chi connectivity index (χ4v) is 2.56. The standard InChI is InChI=1S/C15H27N5OS/c1-5-11(2)20-13(21)6-8-17-15(16-4)18-9-7-14-19-10-12(3)22-14/h10-11H,5-9H2,1-4H3,(H,20,21)(H2,16,17,18). The van der Waals surface area contributed by atoms with E-state index in [1.807, 2.05) is 13.1 Å². The predicted molar refractivity (Wildman–Crippen MR) is 92.4 cm³/mol. The molecule has 0 saturated heterocycles. The lowest BCUT2D eigenvalue weighted by Crippen LogP contribution is -2.41. The van der Waals surface area contributed by atoms with Crippen molar-refractivity contribution in [2.75, 3.05) is 20.1 Å². The molecule has 0 spiro atoms. The Morgan fingerprint density at radius 1 is 1.41 bits per heavy atom. The van der Waals surface area contributed by atoms with Crippen molar-refractivity contribution < 1.29 is 4.79 Å². The molecule has 6 nitrogen and oxygen atoms in total. The van der Waals surface area contributed by atoms with Crippen LogP contribution in [0.5, 0.6) is 0 Å². The van der Waals surface area contributed by atoms with Gasteiger partial charge < -0.3 is 16.0 Å². The van der Waals surface area contributed by atoms with Gasteiger partial charge in [-0.3, -0.25) is 9.79 Å². The van der Waals surface area contributed by atoms with Crippen molar-refractivity contribution in [3.63, 3.8) is 0 Å². The van der Waals surface area contributed by atoms with Crippen LogP contribution in [0, 0.1) is 6.92 Å². The van der Waals surface area contributed by atoms with Crippen LogP contribution in [0.1, 0.15) is 36.6 Å². The van der Waals surface area contributed by atoms with E-state index in [4.69, 9.17) is 0 Å². The summed E-state index contributed by atoms with van der Waals surface area (Å²) in [5, 5.41) is 10.4. The van der Waals surface area contributed by atoms with Crippen molar-refractivity contribution in [1.29, 1.82) is 0 Å². The van der Waals surface area contributed by atoms with Crippen LogP contribution >= 0.6 is 11.3 Å². The number of nitrogens with one attached hydrogen (secondary N) is 3. The lowest BCUT2D eigenvalue weighted by molar-refractivity contribution is -0.121. The summed E-state index contributed by atoms with van der Waals surface area (Å²) in [7, 11) is 1.72. The van der Waals surface area contributed by atoms with E-state index in [1.54, 1.807) is 18.4 Å². The third-order valence-electron chi connectivity index (χ3n) is 3.19. The van der Waals surface area contributed by atoms with Crippen molar-refractivity contribution >= 4 is 23.2 Å². The number of aliphatic imine (C=N–C) groups is 1. The van der Waals surface area contributed by atoms with Crippen molar-refractivity contribution in [2.24, 2.45) is 4.99 Å². The summed E-state index contributed by atoms with van der Waals surface area (Å²) in [4.78, 5) is 21.4. The first-order valence-corrected chi connectivity index (χ1v) is 8.52. The van der Waals surface area contributed by atoms with Gasteiger partial charge in [0.05, 0.1) is 5.01 Å². The molecular formula is C15H27N5OS. The number of carbonyl (C=O) groups excluding carboxylic acids is 1. The quantitative estimate of drug-likeness (QED) is 0.499. The maximum atomic E-state index is 11.7. The molecule has 22 heavy (non-hydrogen) atoms. The Morgan fingerprint density at radius 2 is 2.14 bits per heavy atom. The fourth-order valence-electron chi connectivity index (χ4n) is 1.77. The molecule has 0 aliphatic carbocycles. The van der Waals surface area contributed by atoms with E-state index < -0.39 is 0 Å². The number of thiazole rings is 1. The van der Waals surface area contributed by atoms with Crippen molar-refractivity contribution in [3.05, 3.63) is 16.1 Å². The molecule has 1 aromatic rings. The maximum absolute atomic E-state index is 11.7. The molecule has 0 bridgehead atoms. The number of rotatable bonds is 8. The summed E-state index contributed by atoms with van der Waals surface area (Å²) in [5.41, 5.74) is 0. The largest absolute Gasteiger partial charge is 0.356 e. The monoisotopic (exact) mass is 325 g/mol. The second kappa shape index (κ2) is 10.2. The lowest BCUT2D eigenvalue weighted by Gasteiger charge is -2.13. The predicted octanol–water partition coefficient (Wildman–Crippen LogP) is 1.46.